The number of rotatable bonds is 2. The van der Waals surface area contributed by atoms with Crippen molar-refractivity contribution in [2.24, 2.45) is 10.7 Å². The average molecular weight is 192 g/mol. The summed E-state index contributed by atoms with van der Waals surface area (Å²) < 4.78 is 12.8. The average Bonchev–Trinajstić information content (AvgIpc) is 2.47. The van der Waals surface area contributed by atoms with Crippen LogP contribution in [0, 0.1) is 0 Å². The summed E-state index contributed by atoms with van der Waals surface area (Å²) in [7, 11) is 0. The number of aliphatic imine (C=N–C) groups is 1. The summed E-state index contributed by atoms with van der Waals surface area (Å²) in [6, 6.07) is 0. The fourth-order valence-corrected chi connectivity index (χ4v) is 1.55. The Balaban J connectivity index is 2.23. The smallest absolute Gasteiger partial charge is 0.221 e. The van der Waals surface area contributed by atoms with Gasteiger partial charge >= 0.3 is 0 Å². The van der Waals surface area contributed by atoms with Crippen LogP contribution >= 0.6 is 0 Å². The van der Waals surface area contributed by atoms with Gasteiger partial charge in [0.25, 0.3) is 0 Å². The summed E-state index contributed by atoms with van der Waals surface area (Å²) in [5.41, 5.74) is 7.37. The van der Waals surface area contributed by atoms with Gasteiger partial charge in [-0.2, -0.15) is 0 Å². The molecule has 0 saturated carbocycles. The van der Waals surface area contributed by atoms with Crippen molar-refractivity contribution in [1.29, 1.82) is 0 Å². The quantitative estimate of drug-likeness (QED) is 0.706. The van der Waals surface area contributed by atoms with Gasteiger partial charge in [0.1, 0.15) is 5.83 Å². The number of allylic oxidation sites excluding steroid dienone is 4. The molecule has 1 heterocycles. The summed E-state index contributed by atoms with van der Waals surface area (Å²) in [6.07, 6.45) is 4.99. The van der Waals surface area contributed by atoms with E-state index in [2.05, 4.69) is 4.99 Å². The van der Waals surface area contributed by atoms with Crippen LogP contribution in [0.4, 0.5) is 4.39 Å². The van der Waals surface area contributed by atoms with Crippen molar-refractivity contribution in [2.75, 3.05) is 0 Å². The van der Waals surface area contributed by atoms with Crippen molar-refractivity contribution in [2.45, 2.75) is 12.8 Å². The molecule has 2 aliphatic rings. The number of amides is 1. The van der Waals surface area contributed by atoms with Gasteiger partial charge in [-0.1, -0.05) is 6.08 Å². The number of primary amides is 1. The van der Waals surface area contributed by atoms with Crippen molar-refractivity contribution < 1.29 is 9.18 Å². The summed E-state index contributed by atoms with van der Waals surface area (Å²) in [6.45, 7) is 0. The molecule has 1 aliphatic heterocycles. The molecule has 0 unspecified atom stereocenters. The maximum atomic E-state index is 12.8. The predicted molar refractivity (Wildman–Crippen MR) is 51.2 cm³/mol. The molecular weight excluding hydrogens is 183 g/mol. The highest BCUT2D eigenvalue weighted by atomic mass is 19.1. The van der Waals surface area contributed by atoms with E-state index in [1.807, 2.05) is 0 Å². The molecule has 1 amide bonds. The normalized spacial score (nSPS) is 19.2. The molecule has 0 atom stereocenters. The largest absolute Gasteiger partial charge is 0.369 e. The molecule has 0 radical (unpaired) electrons. The second kappa shape index (κ2) is 3.21. The number of hydrogen-bond acceptors (Lipinski definition) is 2. The first kappa shape index (κ1) is 8.87. The number of carbonyl (C=O) groups excluding carboxylic acids is 1. The summed E-state index contributed by atoms with van der Waals surface area (Å²) >= 11 is 0. The fourth-order valence-electron chi connectivity index (χ4n) is 1.55. The second-order valence-electron chi connectivity index (χ2n) is 3.24. The molecule has 1 aliphatic carbocycles. The van der Waals surface area contributed by atoms with Gasteiger partial charge in [-0.15, -0.1) is 0 Å². The molecule has 0 aromatic rings. The fraction of sp³-hybridized carbons (Fsp3) is 0.200. The number of carbonyl (C=O) groups is 1. The molecule has 2 N–H and O–H groups in total. The number of fused-ring (bicyclic) bond motifs is 1. The van der Waals surface area contributed by atoms with Crippen molar-refractivity contribution in [3.8, 4) is 0 Å². The minimum absolute atomic E-state index is 0.161. The van der Waals surface area contributed by atoms with Crippen molar-refractivity contribution in [3.05, 3.63) is 35.3 Å². The first-order chi connectivity index (χ1) is 6.66. The molecular formula is C10H9FN2O. The topological polar surface area (TPSA) is 55.5 Å². The van der Waals surface area contributed by atoms with Gasteiger partial charge in [0, 0.05) is 18.2 Å². The first-order valence-electron chi connectivity index (χ1n) is 4.28. The van der Waals surface area contributed by atoms with E-state index in [1.54, 1.807) is 12.3 Å². The van der Waals surface area contributed by atoms with Gasteiger partial charge in [0.15, 0.2) is 0 Å². The Morgan fingerprint density at radius 3 is 3.07 bits per heavy atom. The monoisotopic (exact) mass is 192 g/mol. The zero-order valence-electron chi connectivity index (χ0n) is 7.46. The van der Waals surface area contributed by atoms with Crippen molar-refractivity contribution in [1.82, 2.24) is 0 Å². The number of nitrogens with two attached hydrogens (primary N) is 1. The molecule has 0 bridgehead atoms. The lowest BCUT2D eigenvalue weighted by atomic mass is 9.95. The Hall–Kier alpha value is -1.71. The van der Waals surface area contributed by atoms with Gasteiger partial charge in [0.05, 0.1) is 12.1 Å². The molecule has 0 spiro atoms. The lowest BCUT2D eigenvalue weighted by Gasteiger charge is -2.09. The Bertz CT molecular complexity index is 416. The van der Waals surface area contributed by atoms with E-state index in [9.17, 15) is 9.18 Å². The lowest BCUT2D eigenvalue weighted by Crippen LogP contribution is -2.13. The highest BCUT2D eigenvalue weighted by Crippen LogP contribution is 2.29. The van der Waals surface area contributed by atoms with Crippen LogP contribution in [-0.2, 0) is 4.79 Å². The van der Waals surface area contributed by atoms with Crippen LogP contribution in [0.25, 0.3) is 0 Å². The summed E-state index contributed by atoms with van der Waals surface area (Å²) in [4.78, 5) is 14.7. The van der Waals surface area contributed by atoms with E-state index in [0.717, 1.165) is 11.1 Å². The maximum Gasteiger partial charge on any atom is 0.221 e. The third-order valence-corrected chi connectivity index (χ3v) is 2.16. The molecule has 4 heteroatoms. The van der Waals surface area contributed by atoms with Crippen LogP contribution < -0.4 is 5.73 Å². The Morgan fingerprint density at radius 1 is 1.57 bits per heavy atom. The Labute approximate surface area is 80.5 Å². The highest BCUT2D eigenvalue weighted by molar-refractivity contribution is 6.09. The van der Waals surface area contributed by atoms with E-state index < -0.39 is 5.91 Å². The van der Waals surface area contributed by atoms with E-state index in [-0.39, 0.29) is 18.7 Å². The molecule has 3 nitrogen and oxygen atoms in total. The van der Waals surface area contributed by atoms with Crippen LogP contribution in [0.15, 0.2) is 40.3 Å². The molecule has 0 aromatic carbocycles. The van der Waals surface area contributed by atoms with Gasteiger partial charge in [-0.25, -0.2) is 4.39 Å². The van der Waals surface area contributed by atoms with E-state index in [1.165, 1.54) is 6.08 Å². The van der Waals surface area contributed by atoms with E-state index in [4.69, 9.17) is 5.73 Å². The van der Waals surface area contributed by atoms with Crippen molar-refractivity contribution >= 4 is 11.6 Å². The maximum absolute atomic E-state index is 12.8. The van der Waals surface area contributed by atoms with Crippen LogP contribution in [0.1, 0.15) is 12.8 Å². The van der Waals surface area contributed by atoms with Gasteiger partial charge in [-0.3, -0.25) is 9.79 Å². The molecule has 0 aromatic heterocycles. The third kappa shape index (κ3) is 1.51. The molecule has 72 valence electrons. The van der Waals surface area contributed by atoms with E-state index in [0.29, 0.717) is 5.71 Å². The summed E-state index contributed by atoms with van der Waals surface area (Å²) in [5.74, 6) is -0.607. The SMILES string of the molecule is NC(=O)CC1=CN=C2CC(F)=CC=C12. The van der Waals surface area contributed by atoms with Crippen LogP contribution in [0.2, 0.25) is 0 Å². The Morgan fingerprint density at radius 2 is 2.36 bits per heavy atom. The standard InChI is InChI=1S/C10H9FN2O/c11-7-1-2-8-6(3-10(12)14)5-13-9(8)4-7/h1-2,5H,3-4H2,(H2,12,14). The van der Waals surface area contributed by atoms with Crippen molar-refractivity contribution in [3.63, 3.8) is 0 Å². The summed E-state index contributed by atoms with van der Waals surface area (Å²) in [5, 5.41) is 0. The van der Waals surface area contributed by atoms with Crippen LogP contribution in [0.5, 0.6) is 0 Å². The van der Waals surface area contributed by atoms with Gasteiger partial charge < -0.3 is 5.73 Å². The predicted octanol–water partition coefficient (Wildman–Crippen LogP) is 1.38. The second-order valence-corrected chi connectivity index (χ2v) is 3.24. The third-order valence-electron chi connectivity index (χ3n) is 2.16. The number of hydrogen-bond donors (Lipinski definition) is 1. The Kier molecular flexibility index (Phi) is 2.04. The zero-order valence-corrected chi connectivity index (χ0v) is 7.46. The van der Waals surface area contributed by atoms with E-state index >= 15 is 0 Å². The van der Waals surface area contributed by atoms with Gasteiger partial charge in [0.2, 0.25) is 5.91 Å². The molecule has 0 fully saturated rings. The first-order valence-corrected chi connectivity index (χ1v) is 4.28. The molecule has 14 heavy (non-hydrogen) atoms. The lowest BCUT2D eigenvalue weighted by molar-refractivity contribution is -0.117. The molecule has 2 rings (SSSR count). The number of nitrogens with zero attached hydrogens (tertiary/aromatic N) is 1. The molecule has 0 saturated heterocycles. The minimum Gasteiger partial charge on any atom is -0.369 e. The van der Waals surface area contributed by atoms with Crippen LogP contribution in [0.3, 0.4) is 0 Å². The minimum atomic E-state index is -0.399. The van der Waals surface area contributed by atoms with Gasteiger partial charge in [-0.05, 0) is 11.6 Å². The van der Waals surface area contributed by atoms with Crippen LogP contribution in [-0.4, -0.2) is 11.6 Å². The highest BCUT2D eigenvalue weighted by Gasteiger charge is 2.21. The number of halogens is 1. The zero-order chi connectivity index (χ0) is 10.1.